The summed E-state index contributed by atoms with van der Waals surface area (Å²) in [6.45, 7) is 5.33. The van der Waals surface area contributed by atoms with Crippen LogP contribution in [0.15, 0.2) is 24.3 Å². The van der Waals surface area contributed by atoms with Gasteiger partial charge < -0.3 is 15.0 Å². The third kappa shape index (κ3) is 4.98. The lowest BCUT2D eigenvalue weighted by Crippen LogP contribution is -2.47. The van der Waals surface area contributed by atoms with Gasteiger partial charge in [-0.15, -0.1) is 0 Å². The van der Waals surface area contributed by atoms with Crippen molar-refractivity contribution in [2.24, 2.45) is 0 Å². The van der Waals surface area contributed by atoms with E-state index in [2.05, 4.69) is 12.2 Å². The van der Waals surface area contributed by atoms with Gasteiger partial charge in [0.25, 0.3) is 5.91 Å². The summed E-state index contributed by atoms with van der Waals surface area (Å²) < 4.78 is 5.69. The number of carbonyl (C=O) groups excluding carboxylic acids is 2. The molecule has 23 heavy (non-hydrogen) atoms. The van der Waals surface area contributed by atoms with Crippen molar-refractivity contribution in [3.8, 4) is 5.75 Å². The Kier molecular flexibility index (Phi) is 6.44. The first kappa shape index (κ1) is 17.3. The van der Waals surface area contributed by atoms with Crippen LogP contribution in [0, 0.1) is 0 Å². The van der Waals surface area contributed by atoms with Gasteiger partial charge in [0.2, 0.25) is 5.91 Å². The van der Waals surface area contributed by atoms with E-state index in [0.717, 1.165) is 30.6 Å². The Morgan fingerprint density at radius 3 is 2.57 bits per heavy atom. The van der Waals surface area contributed by atoms with Gasteiger partial charge in [-0.2, -0.15) is 0 Å². The molecular formula is C18H26N2O3. The second-order valence-electron chi connectivity index (χ2n) is 5.83. The van der Waals surface area contributed by atoms with Crippen molar-refractivity contribution < 1.29 is 14.3 Å². The number of benzene rings is 1. The van der Waals surface area contributed by atoms with Crippen LogP contribution in [0.4, 0.5) is 0 Å². The zero-order valence-corrected chi connectivity index (χ0v) is 14.0. The summed E-state index contributed by atoms with van der Waals surface area (Å²) in [4.78, 5) is 25.5. The summed E-state index contributed by atoms with van der Waals surface area (Å²) in [6.07, 6.45) is 3.00. The van der Waals surface area contributed by atoms with Gasteiger partial charge in [-0.25, -0.2) is 0 Å². The van der Waals surface area contributed by atoms with Crippen LogP contribution in [-0.2, 0) is 16.0 Å². The van der Waals surface area contributed by atoms with E-state index in [1.807, 2.05) is 36.1 Å². The van der Waals surface area contributed by atoms with Gasteiger partial charge in [-0.05, 0) is 30.9 Å². The molecule has 0 unspecified atom stereocenters. The van der Waals surface area contributed by atoms with E-state index in [1.165, 1.54) is 0 Å². The number of hydrogen-bond acceptors (Lipinski definition) is 3. The Morgan fingerprint density at radius 2 is 1.91 bits per heavy atom. The van der Waals surface area contributed by atoms with E-state index in [-0.39, 0.29) is 24.5 Å². The van der Waals surface area contributed by atoms with Gasteiger partial charge in [0, 0.05) is 25.6 Å². The van der Waals surface area contributed by atoms with Crippen LogP contribution in [0.25, 0.3) is 0 Å². The molecule has 1 heterocycles. The highest BCUT2D eigenvalue weighted by Crippen LogP contribution is 2.18. The minimum atomic E-state index is 0.0103. The fourth-order valence-corrected chi connectivity index (χ4v) is 2.77. The first-order chi connectivity index (χ1) is 11.1. The van der Waals surface area contributed by atoms with Crippen molar-refractivity contribution in [3.05, 3.63) is 29.8 Å². The molecule has 126 valence electrons. The van der Waals surface area contributed by atoms with Crippen molar-refractivity contribution in [1.29, 1.82) is 0 Å². The SMILES string of the molecule is CCC(=O)NC1CCN(C(=O)COc2ccccc2CC)CC1. The maximum atomic E-state index is 12.3. The largest absolute Gasteiger partial charge is 0.483 e. The molecule has 0 spiro atoms. The molecule has 1 aliphatic rings. The molecule has 0 saturated carbocycles. The van der Waals surface area contributed by atoms with Crippen molar-refractivity contribution in [2.75, 3.05) is 19.7 Å². The highest BCUT2D eigenvalue weighted by atomic mass is 16.5. The minimum Gasteiger partial charge on any atom is -0.483 e. The number of likely N-dealkylation sites (tertiary alicyclic amines) is 1. The molecule has 1 saturated heterocycles. The summed E-state index contributed by atoms with van der Waals surface area (Å²) in [5, 5.41) is 2.99. The van der Waals surface area contributed by atoms with E-state index < -0.39 is 0 Å². The van der Waals surface area contributed by atoms with Gasteiger partial charge in [0.15, 0.2) is 6.61 Å². The second kappa shape index (κ2) is 8.56. The van der Waals surface area contributed by atoms with E-state index >= 15 is 0 Å². The first-order valence-electron chi connectivity index (χ1n) is 8.41. The maximum Gasteiger partial charge on any atom is 0.260 e. The molecule has 1 fully saturated rings. The molecule has 0 bridgehead atoms. The summed E-state index contributed by atoms with van der Waals surface area (Å²) in [6, 6.07) is 8.00. The average molecular weight is 318 g/mol. The molecule has 0 atom stereocenters. The predicted octanol–water partition coefficient (Wildman–Crippen LogP) is 2.14. The van der Waals surface area contributed by atoms with E-state index in [0.29, 0.717) is 19.5 Å². The summed E-state index contributed by atoms with van der Waals surface area (Å²) in [7, 11) is 0. The molecule has 1 aliphatic heterocycles. The van der Waals surface area contributed by atoms with E-state index in [4.69, 9.17) is 4.74 Å². The lowest BCUT2D eigenvalue weighted by atomic mass is 10.0. The number of nitrogens with zero attached hydrogens (tertiary/aromatic N) is 1. The molecule has 5 nitrogen and oxygen atoms in total. The number of ether oxygens (including phenoxy) is 1. The standard InChI is InChI=1S/C18H26N2O3/c1-3-14-7-5-6-8-16(14)23-13-18(22)20-11-9-15(10-12-20)19-17(21)4-2/h5-8,15H,3-4,9-13H2,1-2H3,(H,19,21). The third-order valence-corrected chi connectivity index (χ3v) is 4.24. The number of nitrogens with one attached hydrogen (secondary N) is 1. The lowest BCUT2D eigenvalue weighted by molar-refractivity contribution is -0.134. The Balaban J connectivity index is 1.78. The van der Waals surface area contributed by atoms with E-state index in [1.54, 1.807) is 0 Å². The van der Waals surface area contributed by atoms with Crippen LogP contribution < -0.4 is 10.1 Å². The fourth-order valence-electron chi connectivity index (χ4n) is 2.77. The van der Waals surface area contributed by atoms with E-state index in [9.17, 15) is 9.59 Å². The normalized spacial score (nSPS) is 15.3. The van der Waals surface area contributed by atoms with Crippen molar-refractivity contribution >= 4 is 11.8 Å². The van der Waals surface area contributed by atoms with Crippen molar-refractivity contribution in [1.82, 2.24) is 10.2 Å². The minimum absolute atomic E-state index is 0.0103. The fraction of sp³-hybridized carbons (Fsp3) is 0.556. The molecule has 1 aromatic rings. The van der Waals surface area contributed by atoms with Crippen LogP contribution >= 0.6 is 0 Å². The van der Waals surface area contributed by atoms with Crippen LogP contribution in [-0.4, -0.2) is 42.5 Å². The monoisotopic (exact) mass is 318 g/mol. The predicted molar refractivity (Wildman–Crippen MR) is 89.4 cm³/mol. The Bertz CT molecular complexity index is 537. The maximum absolute atomic E-state index is 12.3. The highest BCUT2D eigenvalue weighted by molar-refractivity contribution is 5.78. The molecule has 1 aromatic carbocycles. The molecular weight excluding hydrogens is 292 g/mol. The molecule has 2 rings (SSSR count). The van der Waals surface area contributed by atoms with Gasteiger partial charge in [0.05, 0.1) is 0 Å². The number of amides is 2. The zero-order chi connectivity index (χ0) is 16.7. The molecule has 0 aromatic heterocycles. The van der Waals surface area contributed by atoms with Crippen LogP contribution in [0.3, 0.4) is 0 Å². The van der Waals surface area contributed by atoms with Crippen LogP contribution in [0.2, 0.25) is 0 Å². The number of carbonyl (C=O) groups is 2. The quantitative estimate of drug-likeness (QED) is 0.874. The zero-order valence-electron chi connectivity index (χ0n) is 14.0. The third-order valence-electron chi connectivity index (χ3n) is 4.24. The molecule has 0 aliphatic carbocycles. The second-order valence-corrected chi connectivity index (χ2v) is 5.83. The van der Waals surface area contributed by atoms with Gasteiger partial charge in [-0.1, -0.05) is 32.0 Å². The molecule has 1 N–H and O–H groups in total. The smallest absolute Gasteiger partial charge is 0.260 e. The average Bonchev–Trinajstić information content (AvgIpc) is 2.60. The number of hydrogen-bond donors (Lipinski definition) is 1. The number of aryl methyl sites for hydroxylation is 1. The lowest BCUT2D eigenvalue weighted by Gasteiger charge is -2.32. The number of piperidine rings is 1. The number of para-hydroxylation sites is 1. The van der Waals surface area contributed by atoms with Crippen LogP contribution in [0.5, 0.6) is 5.75 Å². The van der Waals surface area contributed by atoms with Gasteiger partial charge in [-0.3, -0.25) is 9.59 Å². The Hall–Kier alpha value is -2.04. The van der Waals surface area contributed by atoms with Crippen molar-refractivity contribution in [3.63, 3.8) is 0 Å². The Labute approximate surface area is 138 Å². The topological polar surface area (TPSA) is 58.6 Å². The molecule has 2 amide bonds. The van der Waals surface area contributed by atoms with Gasteiger partial charge in [0.1, 0.15) is 5.75 Å². The summed E-state index contributed by atoms with van der Waals surface area (Å²) in [5.74, 6) is 0.874. The van der Waals surface area contributed by atoms with Gasteiger partial charge >= 0.3 is 0 Å². The summed E-state index contributed by atoms with van der Waals surface area (Å²) >= 11 is 0. The Morgan fingerprint density at radius 1 is 1.22 bits per heavy atom. The molecule has 0 radical (unpaired) electrons. The number of rotatable bonds is 6. The van der Waals surface area contributed by atoms with Crippen LogP contribution in [0.1, 0.15) is 38.7 Å². The summed E-state index contributed by atoms with van der Waals surface area (Å²) in [5.41, 5.74) is 1.11. The van der Waals surface area contributed by atoms with Crippen molar-refractivity contribution in [2.45, 2.75) is 45.6 Å². The first-order valence-corrected chi connectivity index (χ1v) is 8.41. The highest BCUT2D eigenvalue weighted by Gasteiger charge is 2.23. The molecule has 5 heteroatoms.